The van der Waals surface area contributed by atoms with Crippen LogP contribution in [0.5, 0.6) is 0 Å². The predicted molar refractivity (Wildman–Crippen MR) is 156 cm³/mol. The number of hydrogen-bond donors (Lipinski definition) is 0. The van der Waals surface area contributed by atoms with Gasteiger partial charge in [0.25, 0.3) is 5.91 Å². The summed E-state index contributed by atoms with van der Waals surface area (Å²) in [5.41, 5.74) is 5.46. The summed E-state index contributed by atoms with van der Waals surface area (Å²) in [7, 11) is 0. The molecule has 1 fully saturated rings. The molecule has 0 N–H and O–H groups in total. The van der Waals surface area contributed by atoms with Crippen molar-refractivity contribution < 1.29 is 9.32 Å². The van der Waals surface area contributed by atoms with E-state index in [1.54, 1.807) is 18.0 Å². The summed E-state index contributed by atoms with van der Waals surface area (Å²) in [4.78, 5) is 14.3. The van der Waals surface area contributed by atoms with Crippen molar-refractivity contribution in [1.82, 2.24) is 10.2 Å². The summed E-state index contributed by atoms with van der Waals surface area (Å²) < 4.78 is 5.53. The number of halogens is 3. The van der Waals surface area contributed by atoms with E-state index in [9.17, 15) is 4.79 Å². The Labute approximate surface area is 241 Å². The zero-order chi connectivity index (χ0) is 27.1. The van der Waals surface area contributed by atoms with Crippen LogP contribution in [0.3, 0.4) is 0 Å². The lowest BCUT2D eigenvalue weighted by Gasteiger charge is -2.29. The Hall–Kier alpha value is -3.38. The van der Waals surface area contributed by atoms with Gasteiger partial charge in [-0.25, -0.2) is 5.01 Å². The Morgan fingerprint density at radius 3 is 2.38 bits per heavy atom. The number of aryl methyl sites for hydroxylation is 1. The molecule has 3 aromatic carbocycles. The number of carbonyl (C=O) groups excluding carboxylic acids is 1. The SMILES string of the molecule is Cc1onc(-c2ccccc2Cl)c1C(=O)N1N=C2/C(=C/c3ccc(Cl)cc3)CCCC2C1c1ccc(Cl)cc1. The van der Waals surface area contributed by atoms with E-state index in [4.69, 9.17) is 44.4 Å². The molecule has 5 nitrogen and oxygen atoms in total. The standard InChI is InChI=1S/C31H24Cl3N3O2/c1-18-27(29(36-39-18)24-6-2-3-8-26(24)34)31(38)37-30(20-11-15-23(33)16-12-20)25-7-4-5-21(28(25)35-37)17-19-9-13-22(32)14-10-19/h2-3,6,8-17,25,30H,4-5,7H2,1H3/b21-17+. The van der Waals surface area contributed by atoms with Crippen LogP contribution in [0, 0.1) is 12.8 Å². The molecule has 1 aliphatic heterocycles. The molecule has 1 amide bonds. The highest BCUT2D eigenvalue weighted by Gasteiger charge is 2.45. The van der Waals surface area contributed by atoms with Crippen LogP contribution >= 0.6 is 34.8 Å². The molecule has 2 heterocycles. The van der Waals surface area contributed by atoms with Crippen molar-refractivity contribution in [2.45, 2.75) is 32.2 Å². The number of nitrogens with zero attached hydrogens (tertiary/aromatic N) is 3. The van der Waals surface area contributed by atoms with Crippen LogP contribution in [0.2, 0.25) is 15.1 Å². The molecule has 0 saturated heterocycles. The zero-order valence-corrected chi connectivity index (χ0v) is 23.3. The number of hydrazone groups is 1. The number of hydrogen-bond acceptors (Lipinski definition) is 4. The highest BCUT2D eigenvalue weighted by atomic mass is 35.5. The van der Waals surface area contributed by atoms with Crippen molar-refractivity contribution in [3.63, 3.8) is 0 Å². The van der Waals surface area contributed by atoms with Gasteiger partial charge in [-0.2, -0.15) is 5.10 Å². The van der Waals surface area contributed by atoms with Crippen LogP contribution in [0.15, 0.2) is 88.0 Å². The molecular formula is C31H24Cl3N3O2. The van der Waals surface area contributed by atoms with Gasteiger partial charge in [0.15, 0.2) is 0 Å². The molecule has 196 valence electrons. The van der Waals surface area contributed by atoms with Gasteiger partial charge in [-0.1, -0.05) is 82.4 Å². The largest absolute Gasteiger partial charge is 0.360 e. The smallest absolute Gasteiger partial charge is 0.280 e. The van der Waals surface area contributed by atoms with Crippen LogP contribution in [0.25, 0.3) is 17.3 Å². The second kappa shape index (κ2) is 10.6. The van der Waals surface area contributed by atoms with Crippen molar-refractivity contribution >= 4 is 52.5 Å². The maximum Gasteiger partial charge on any atom is 0.280 e. The third kappa shape index (κ3) is 4.91. The van der Waals surface area contributed by atoms with Crippen LogP contribution < -0.4 is 0 Å². The van der Waals surface area contributed by atoms with Crippen molar-refractivity contribution in [3.05, 3.63) is 116 Å². The first-order valence-electron chi connectivity index (χ1n) is 12.8. The Bertz CT molecular complexity index is 1610. The number of carbonyl (C=O) groups is 1. The Kier molecular flexibility index (Phi) is 7.06. The first-order chi connectivity index (χ1) is 18.9. The van der Waals surface area contributed by atoms with E-state index in [0.29, 0.717) is 37.6 Å². The van der Waals surface area contributed by atoms with Gasteiger partial charge in [0.05, 0.1) is 16.8 Å². The maximum absolute atomic E-state index is 14.3. The number of fused-ring (bicyclic) bond motifs is 1. The molecular weight excluding hydrogens is 553 g/mol. The molecule has 2 aliphatic rings. The van der Waals surface area contributed by atoms with Gasteiger partial charge in [0.1, 0.15) is 17.0 Å². The molecule has 39 heavy (non-hydrogen) atoms. The van der Waals surface area contributed by atoms with Crippen molar-refractivity contribution in [2.24, 2.45) is 11.0 Å². The van der Waals surface area contributed by atoms with Crippen LogP contribution in [0.1, 0.15) is 52.5 Å². The third-order valence-electron chi connectivity index (χ3n) is 7.34. The Morgan fingerprint density at radius 1 is 0.974 bits per heavy atom. The van der Waals surface area contributed by atoms with Crippen molar-refractivity contribution in [1.29, 1.82) is 0 Å². The normalized spacial score (nSPS) is 19.7. The lowest BCUT2D eigenvalue weighted by atomic mass is 9.77. The van der Waals surface area contributed by atoms with Gasteiger partial charge in [-0.3, -0.25) is 4.79 Å². The minimum absolute atomic E-state index is 0.0337. The Balaban J connectivity index is 1.47. The fourth-order valence-corrected chi connectivity index (χ4v) is 5.97. The van der Waals surface area contributed by atoms with Crippen molar-refractivity contribution in [2.75, 3.05) is 0 Å². The molecule has 1 saturated carbocycles. The zero-order valence-electron chi connectivity index (χ0n) is 21.1. The van der Waals surface area contributed by atoms with E-state index in [1.165, 1.54) is 0 Å². The van der Waals surface area contributed by atoms with E-state index in [2.05, 4.69) is 11.2 Å². The highest BCUT2D eigenvalue weighted by molar-refractivity contribution is 6.33. The lowest BCUT2D eigenvalue weighted by molar-refractivity contribution is 0.0679. The fourth-order valence-electron chi connectivity index (χ4n) is 5.50. The lowest BCUT2D eigenvalue weighted by Crippen LogP contribution is -2.32. The van der Waals surface area contributed by atoms with E-state index >= 15 is 0 Å². The first-order valence-corrected chi connectivity index (χ1v) is 13.9. The van der Waals surface area contributed by atoms with Gasteiger partial charge in [0.2, 0.25) is 0 Å². The molecule has 1 aliphatic carbocycles. The summed E-state index contributed by atoms with van der Waals surface area (Å²) in [6.07, 6.45) is 4.93. The number of benzene rings is 3. The molecule has 8 heteroatoms. The number of allylic oxidation sites excluding steroid dienone is 1. The number of amides is 1. The maximum atomic E-state index is 14.3. The summed E-state index contributed by atoms with van der Waals surface area (Å²) in [5.74, 6) is 0.166. The van der Waals surface area contributed by atoms with Crippen LogP contribution in [0.4, 0.5) is 0 Å². The van der Waals surface area contributed by atoms with Crippen molar-refractivity contribution in [3.8, 4) is 11.3 Å². The highest BCUT2D eigenvalue weighted by Crippen LogP contribution is 2.46. The number of aromatic nitrogens is 1. The molecule has 2 unspecified atom stereocenters. The minimum atomic E-state index is -0.299. The average molecular weight is 577 g/mol. The van der Waals surface area contributed by atoms with Gasteiger partial charge in [-0.15, -0.1) is 0 Å². The molecule has 4 aromatic rings. The van der Waals surface area contributed by atoms with E-state index in [-0.39, 0.29) is 17.9 Å². The molecule has 0 spiro atoms. The molecule has 6 rings (SSSR count). The summed E-state index contributed by atoms with van der Waals surface area (Å²) in [6, 6.07) is 22.4. The van der Waals surface area contributed by atoms with Gasteiger partial charge >= 0.3 is 0 Å². The topological polar surface area (TPSA) is 58.7 Å². The molecule has 1 aromatic heterocycles. The van der Waals surface area contributed by atoms with Crippen LogP contribution in [-0.4, -0.2) is 21.8 Å². The quantitative estimate of drug-likeness (QED) is 0.243. The van der Waals surface area contributed by atoms with Crippen LogP contribution in [-0.2, 0) is 0 Å². The summed E-state index contributed by atoms with van der Waals surface area (Å²) in [5, 5.41) is 12.7. The van der Waals surface area contributed by atoms with E-state index in [1.807, 2.05) is 66.7 Å². The van der Waals surface area contributed by atoms with E-state index < -0.39 is 0 Å². The van der Waals surface area contributed by atoms with Gasteiger partial charge in [0, 0.05) is 21.5 Å². The monoisotopic (exact) mass is 575 g/mol. The minimum Gasteiger partial charge on any atom is -0.360 e. The summed E-state index contributed by atoms with van der Waals surface area (Å²) in [6.45, 7) is 1.74. The summed E-state index contributed by atoms with van der Waals surface area (Å²) >= 11 is 18.8. The molecule has 2 atom stereocenters. The molecule has 0 bridgehead atoms. The average Bonchev–Trinajstić information content (AvgIpc) is 3.52. The Morgan fingerprint density at radius 2 is 1.67 bits per heavy atom. The second-order valence-electron chi connectivity index (χ2n) is 9.79. The van der Waals surface area contributed by atoms with E-state index in [0.717, 1.165) is 41.7 Å². The fraction of sp³-hybridized carbons (Fsp3) is 0.194. The number of rotatable bonds is 4. The predicted octanol–water partition coefficient (Wildman–Crippen LogP) is 9.05. The molecule has 0 radical (unpaired) electrons. The third-order valence-corrected chi connectivity index (χ3v) is 8.17. The van der Waals surface area contributed by atoms with Gasteiger partial charge in [-0.05, 0) is 79.3 Å². The first kappa shape index (κ1) is 25.9. The van der Waals surface area contributed by atoms with Gasteiger partial charge < -0.3 is 4.52 Å². The second-order valence-corrected chi connectivity index (χ2v) is 11.1.